The molecule has 0 aliphatic carbocycles. The molecule has 0 aromatic carbocycles. The molecule has 0 bridgehead atoms. The van der Waals surface area contributed by atoms with Crippen LogP contribution in [0, 0.1) is 22.0 Å². The molecule has 0 saturated carbocycles. The Hall–Kier alpha value is -1.34. The first-order valence-corrected chi connectivity index (χ1v) is 4.70. The van der Waals surface area contributed by atoms with Gasteiger partial charge in [-0.25, -0.2) is 0 Å². The van der Waals surface area contributed by atoms with Gasteiger partial charge >= 0.3 is 5.00 Å². The number of rotatable bonds is 2. The van der Waals surface area contributed by atoms with E-state index in [4.69, 9.17) is 0 Å². The number of hydrogen-bond acceptors (Lipinski definition) is 3. The van der Waals surface area contributed by atoms with Crippen molar-refractivity contribution in [3.05, 3.63) is 26.6 Å². The molecule has 1 heterocycles. The largest absolute Gasteiger partial charge is 0.339 e. The van der Waals surface area contributed by atoms with Crippen molar-refractivity contribution in [2.45, 2.75) is 20.3 Å². The first-order chi connectivity index (χ1) is 6.19. The van der Waals surface area contributed by atoms with E-state index in [9.17, 15) is 10.1 Å². The van der Waals surface area contributed by atoms with E-state index in [0.717, 1.165) is 11.3 Å². The molecule has 4 heteroatoms. The zero-order chi connectivity index (χ0) is 9.84. The maximum Gasteiger partial charge on any atom is 0.339 e. The van der Waals surface area contributed by atoms with E-state index < -0.39 is 0 Å². The number of aryl methyl sites for hydroxylation is 1. The van der Waals surface area contributed by atoms with Crippen LogP contribution >= 0.6 is 11.3 Å². The minimum absolute atomic E-state index is 0.159. The lowest BCUT2D eigenvalue weighted by molar-refractivity contribution is -0.380. The molecule has 68 valence electrons. The first-order valence-electron chi connectivity index (χ1n) is 3.89. The third-order valence-electron chi connectivity index (χ3n) is 1.54. The highest BCUT2D eigenvalue weighted by Gasteiger charge is 2.16. The lowest BCUT2D eigenvalue weighted by Crippen LogP contribution is -1.85. The van der Waals surface area contributed by atoms with Crippen LogP contribution in [0.1, 0.15) is 24.3 Å². The summed E-state index contributed by atoms with van der Waals surface area (Å²) >= 11 is 1.21. The van der Waals surface area contributed by atoms with E-state index in [1.54, 1.807) is 13.0 Å². The van der Waals surface area contributed by atoms with Crippen LogP contribution < -0.4 is 0 Å². The first kappa shape index (κ1) is 9.75. The summed E-state index contributed by atoms with van der Waals surface area (Å²) in [6.45, 7) is 3.64. The van der Waals surface area contributed by atoms with Crippen LogP contribution in [0.4, 0.5) is 5.00 Å². The fraction of sp³-hybridized carbons (Fsp3) is 0.333. The third kappa shape index (κ3) is 2.07. The molecule has 0 N–H and O–H groups in total. The molecule has 0 aliphatic heterocycles. The topological polar surface area (TPSA) is 43.1 Å². The highest BCUT2D eigenvalue weighted by atomic mass is 32.1. The Balaban J connectivity index is 3.20. The molecule has 0 fully saturated rings. The molecule has 0 aliphatic rings. The van der Waals surface area contributed by atoms with Crippen LogP contribution in [-0.2, 0) is 6.42 Å². The highest BCUT2D eigenvalue weighted by Crippen LogP contribution is 2.29. The summed E-state index contributed by atoms with van der Waals surface area (Å²) in [5, 5.41) is 10.7. The molecule has 0 spiro atoms. The molecule has 0 radical (unpaired) electrons. The van der Waals surface area contributed by atoms with E-state index in [1.165, 1.54) is 11.3 Å². The summed E-state index contributed by atoms with van der Waals surface area (Å²) in [5.41, 5.74) is 0.536. The maximum atomic E-state index is 10.6. The Morgan fingerprint density at radius 2 is 2.38 bits per heavy atom. The Labute approximate surface area is 80.5 Å². The molecule has 1 aromatic heterocycles. The van der Waals surface area contributed by atoms with Crippen molar-refractivity contribution < 1.29 is 4.92 Å². The van der Waals surface area contributed by atoms with Gasteiger partial charge < -0.3 is 0 Å². The molecule has 1 aromatic rings. The highest BCUT2D eigenvalue weighted by molar-refractivity contribution is 7.15. The number of nitro groups is 1. The summed E-state index contributed by atoms with van der Waals surface area (Å²) in [6.07, 6.45) is 0.816. The van der Waals surface area contributed by atoms with E-state index >= 15 is 0 Å². The maximum absolute atomic E-state index is 10.6. The molecular formula is C9H9NO2S. The van der Waals surface area contributed by atoms with Crippen LogP contribution in [0.15, 0.2) is 6.07 Å². The SMILES string of the molecule is CC#Cc1cc(CC)sc1[N+](=O)[O-]. The van der Waals surface area contributed by atoms with Gasteiger partial charge in [0, 0.05) is 4.88 Å². The van der Waals surface area contributed by atoms with Crippen LogP contribution in [0.25, 0.3) is 0 Å². The van der Waals surface area contributed by atoms with E-state index in [1.807, 2.05) is 6.92 Å². The monoisotopic (exact) mass is 195 g/mol. The Morgan fingerprint density at radius 1 is 1.69 bits per heavy atom. The molecule has 3 nitrogen and oxygen atoms in total. The van der Waals surface area contributed by atoms with Gasteiger partial charge in [-0.15, -0.1) is 5.92 Å². The molecule has 1 rings (SSSR count). The molecule has 0 amide bonds. The van der Waals surface area contributed by atoms with E-state index in [-0.39, 0.29) is 9.92 Å². The number of thiophene rings is 1. The fourth-order valence-corrected chi connectivity index (χ4v) is 1.83. The second-order valence-corrected chi connectivity index (χ2v) is 3.53. The van der Waals surface area contributed by atoms with Gasteiger partial charge in [-0.05, 0) is 19.4 Å². The van der Waals surface area contributed by atoms with Gasteiger partial charge in [0.1, 0.15) is 5.56 Å². The second kappa shape index (κ2) is 4.06. The molecule has 13 heavy (non-hydrogen) atoms. The van der Waals surface area contributed by atoms with Crippen LogP contribution in [0.2, 0.25) is 0 Å². The predicted molar refractivity (Wildman–Crippen MR) is 52.9 cm³/mol. The molecular weight excluding hydrogens is 186 g/mol. The molecule has 0 unspecified atom stereocenters. The summed E-state index contributed by atoms with van der Waals surface area (Å²) in [7, 11) is 0. The van der Waals surface area contributed by atoms with Gasteiger partial charge in [-0.1, -0.05) is 24.2 Å². The van der Waals surface area contributed by atoms with Crippen molar-refractivity contribution in [1.82, 2.24) is 0 Å². The number of nitrogens with zero attached hydrogens (tertiary/aromatic N) is 1. The lowest BCUT2D eigenvalue weighted by atomic mass is 10.2. The standard InChI is InChI=1S/C9H9NO2S/c1-3-5-7-6-8(4-2)13-9(7)10(11)12/h6H,4H2,1-2H3. The lowest BCUT2D eigenvalue weighted by Gasteiger charge is -1.83. The Kier molecular flexibility index (Phi) is 3.04. The van der Waals surface area contributed by atoms with Crippen molar-refractivity contribution >= 4 is 16.3 Å². The van der Waals surface area contributed by atoms with Crippen molar-refractivity contribution in [3.8, 4) is 11.8 Å². The van der Waals surface area contributed by atoms with Gasteiger partial charge in [0.25, 0.3) is 0 Å². The van der Waals surface area contributed by atoms with Crippen molar-refractivity contribution in [2.24, 2.45) is 0 Å². The fourth-order valence-electron chi connectivity index (χ4n) is 0.965. The zero-order valence-corrected chi connectivity index (χ0v) is 8.27. The quantitative estimate of drug-likeness (QED) is 0.413. The minimum Gasteiger partial charge on any atom is -0.258 e. The van der Waals surface area contributed by atoms with Crippen molar-refractivity contribution in [1.29, 1.82) is 0 Å². The molecule has 0 atom stereocenters. The smallest absolute Gasteiger partial charge is 0.258 e. The normalized spacial score (nSPS) is 9.08. The average Bonchev–Trinajstić information content (AvgIpc) is 2.48. The summed E-state index contributed by atoms with van der Waals surface area (Å²) in [5.74, 6) is 5.40. The van der Waals surface area contributed by atoms with Crippen LogP contribution in [0.5, 0.6) is 0 Å². The van der Waals surface area contributed by atoms with Crippen molar-refractivity contribution in [3.63, 3.8) is 0 Å². The minimum atomic E-state index is -0.372. The van der Waals surface area contributed by atoms with Crippen molar-refractivity contribution in [2.75, 3.05) is 0 Å². The van der Waals surface area contributed by atoms with Crippen LogP contribution in [0.3, 0.4) is 0 Å². The summed E-state index contributed by atoms with van der Waals surface area (Å²) in [4.78, 5) is 11.2. The Morgan fingerprint density at radius 3 is 2.85 bits per heavy atom. The van der Waals surface area contributed by atoms with Gasteiger partial charge in [0.15, 0.2) is 0 Å². The average molecular weight is 195 g/mol. The van der Waals surface area contributed by atoms with E-state index in [2.05, 4.69) is 11.8 Å². The van der Waals surface area contributed by atoms with Gasteiger partial charge in [-0.2, -0.15) is 0 Å². The van der Waals surface area contributed by atoms with Crippen LogP contribution in [-0.4, -0.2) is 4.92 Å². The van der Waals surface area contributed by atoms with E-state index in [0.29, 0.717) is 5.56 Å². The second-order valence-electron chi connectivity index (χ2n) is 2.42. The summed E-state index contributed by atoms with van der Waals surface area (Å²) < 4.78 is 0. The predicted octanol–water partition coefficient (Wildman–Crippen LogP) is 2.59. The van der Waals surface area contributed by atoms with Gasteiger partial charge in [0.05, 0.1) is 4.92 Å². The Bertz CT molecular complexity index is 384. The van der Waals surface area contributed by atoms with Gasteiger partial charge in [-0.3, -0.25) is 10.1 Å². The zero-order valence-electron chi connectivity index (χ0n) is 7.46. The summed E-state index contributed by atoms with van der Waals surface area (Å²) in [6, 6.07) is 1.79. The van der Waals surface area contributed by atoms with Gasteiger partial charge in [0.2, 0.25) is 0 Å². The third-order valence-corrected chi connectivity index (χ3v) is 2.77. The molecule has 0 saturated heterocycles. The number of hydrogen-bond donors (Lipinski definition) is 0.